The van der Waals surface area contributed by atoms with Gasteiger partial charge in [0.25, 0.3) is 5.95 Å². The summed E-state index contributed by atoms with van der Waals surface area (Å²) in [5.74, 6) is 0.923. The smallest absolute Gasteiger partial charge is 0.252 e. The molecule has 8 nitrogen and oxygen atoms in total. The summed E-state index contributed by atoms with van der Waals surface area (Å²) in [5.41, 5.74) is 6.27. The highest BCUT2D eigenvalue weighted by molar-refractivity contribution is 5.78. The summed E-state index contributed by atoms with van der Waals surface area (Å²) in [6.07, 6.45) is -1.76. The Kier molecular flexibility index (Phi) is 3.30. The quantitative estimate of drug-likeness (QED) is 0.451. The molecule has 1 aromatic rings. The Hall–Kier alpha value is -1.93. The molecule has 1 aliphatic heterocycles. The van der Waals surface area contributed by atoms with Gasteiger partial charge in [-0.3, -0.25) is 0 Å². The van der Waals surface area contributed by atoms with E-state index in [1.54, 1.807) is 0 Å². The van der Waals surface area contributed by atoms with Crippen molar-refractivity contribution in [3.8, 4) is 0 Å². The molecule has 6 N–H and O–H groups in total. The maximum absolute atomic E-state index is 9.81. The fraction of sp³-hybridized carbons (Fsp3) is 0.500. The molecule has 98 valence electrons. The molecule has 2 heterocycles. The zero-order chi connectivity index (χ0) is 13.3. The van der Waals surface area contributed by atoms with E-state index in [4.69, 9.17) is 5.73 Å². The molecule has 0 bridgehead atoms. The lowest BCUT2D eigenvalue weighted by atomic mass is 10.0. The second-order valence-electron chi connectivity index (χ2n) is 4.15. The first kappa shape index (κ1) is 12.5. The van der Waals surface area contributed by atoms with Gasteiger partial charge >= 0.3 is 0 Å². The van der Waals surface area contributed by atoms with Crippen molar-refractivity contribution in [1.82, 2.24) is 9.97 Å². The minimum Gasteiger partial charge on any atom is -0.391 e. The van der Waals surface area contributed by atoms with Gasteiger partial charge in [-0.1, -0.05) is 0 Å². The van der Waals surface area contributed by atoms with E-state index in [2.05, 4.69) is 32.3 Å². The Morgan fingerprint density at radius 3 is 2.83 bits per heavy atom. The van der Waals surface area contributed by atoms with Gasteiger partial charge in [0.15, 0.2) is 11.6 Å². The van der Waals surface area contributed by atoms with Crippen LogP contribution in [0.1, 0.15) is 6.92 Å². The molecule has 1 aliphatic rings. The van der Waals surface area contributed by atoms with Gasteiger partial charge in [0.2, 0.25) is 0 Å². The number of nitrogen functional groups attached to an aromatic ring is 1. The van der Waals surface area contributed by atoms with Crippen molar-refractivity contribution < 1.29 is 10.2 Å². The van der Waals surface area contributed by atoms with Gasteiger partial charge < -0.3 is 26.6 Å². The first-order valence-electron chi connectivity index (χ1n) is 5.53. The highest BCUT2D eigenvalue weighted by atomic mass is 16.3. The number of aromatic nitrogens is 2. The van der Waals surface area contributed by atoms with E-state index in [9.17, 15) is 10.2 Å². The SMILES string of the molecule is C=Nc1nc(N)c2c(n1)NCC(C(O)C(C)O)N2. The van der Waals surface area contributed by atoms with Gasteiger partial charge in [-0.05, 0) is 13.6 Å². The van der Waals surface area contributed by atoms with Crippen molar-refractivity contribution in [2.45, 2.75) is 25.2 Å². The van der Waals surface area contributed by atoms with E-state index in [0.29, 0.717) is 18.1 Å². The largest absolute Gasteiger partial charge is 0.391 e. The molecular formula is C10H16N6O2. The van der Waals surface area contributed by atoms with Crippen LogP contribution in [-0.4, -0.2) is 51.7 Å². The first-order chi connectivity index (χ1) is 8.52. The van der Waals surface area contributed by atoms with Crippen molar-refractivity contribution in [3.63, 3.8) is 0 Å². The van der Waals surface area contributed by atoms with Crippen molar-refractivity contribution >= 4 is 30.0 Å². The lowest BCUT2D eigenvalue weighted by Crippen LogP contribution is -2.47. The molecule has 0 amide bonds. The summed E-state index contributed by atoms with van der Waals surface area (Å²) >= 11 is 0. The van der Waals surface area contributed by atoms with Crippen molar-refractivity contribution in [3.05, 3.63) is 0 Å². The number of hydrogen-bond donors (Lipinski definition) is 5. The van der Waals surface area contributed by atoms with Crippen LogP contribution >= 0.6 is 0 Å². The third kappa shape index (κ3) is 2.20. The van der Waals surface area contributed by atoms with Gasteiger partial charge in [0.1, 0.15) is 11.8 Å². The Balaban J connectivity index is 2.27. The normalized spacial score (nSPS) is 21.2. The third-order valence-electron chi connectivity index (χ3n) is 2.79. The molecule has 1 aromatic heterocycles. The standard InChI is InChI=1S/C10H16N6O2/c1-4(17)7(18)5-3-13-9-6(14-5)8(11)15-10(12-2)16-9/h4-5,7,14,17-18H,2-3H2,1H3,(H3,11,13,15,16). The zero-order valence-electron chi connectivity index (χ0n) is 9.96. The number of nitrogens with two attached hydrogens (primary N) is 1. The molecule has 0 aromatic carbocycles. The number of aliphatic hydroxyl groups excluding tert-OH is 2. The minimum atomic E-state index is -0.915. The highest BCUT2D eigenvalue weighted by Gasteiger charge is 2.29. The average molecular weight is 252 g/mol. The molecule has 0 saturated heterocycles. The maximum Gasteiger partial charge on any atom is 0.252 e. The molecule has 0 fully saturated rings. The van der Waals surface area contributed by atoms with Crippen molar-refractivity contribution in [2.24, 2.45) is 4.99 Å². The Morgan fingerprint density at radius 2 is 2.22 bits per heavy atom. The summed E-state index contributed by atoms with van der Waals surface area (Å²) in [7, 11) is 0. The van der Waals surface area contributed by atoms with E-state index < -0.39 is 12.2 Å². The van der Waals surface area contributed by atoms with Crippen LogP contribution in [0, 0.1) is 0 Å². The van der Waals surface area contributed by atoms with Gasteiger partial charge in [-0.2, -0.15) is 9.97 Å². The monoisotopic (exact) mass is 252 g/mol. The zero-order valence-corrected chi connectivity index (χ0v) is 9.96. The molecule has 8 heteroatoms. The number of nitrogens with one attached hydrogen (secondary N) is 2. The van der Waals surface area contributed by atoms with Gasteiger partial charge in [-0.25, -0.2) is 4.99 Å². The fourth-order valence-electron chi connectivity index (χ4n) is 1.79. The number of fused-ring (bicyclic) bond motifs is 1. The summed E-state index contributed by atoms with van der Waals surface area (Å²) in [4.78, 5) is 11.6. The van der Waals surface area contributed by atoms with Crippen LogP contribution < -0.4 is 16.4 Å². The molecule has 0 radical (unpaired) electrons. The molecular weight excluding hydrogens is 236 g/mol. The number of anilines is 3. The fourth-order valence-corrected chi connectivity index (χ4v) is 1.79. The van der Waals surface area contributed by atoms with E-state index >= 15 is 0 Å². The lowest BCUT2D eigenvalue weighted by molar-refractivity contribution is 0.0214. The summed E-state index contributed by atoms with van der Waals surface area (Å²) in [6.45, 7) is 5.26. The van der Waals surface area contributed by atoms with E-state index in [0.717, 1.165) is 0 Å². The van der Waals surface area contributed by atoms with E-state index in [1.807, 2.05) is 0 Å². The topological polar surface area (TPSA) is 129 Å². The number of rotatable bonds is 3. The van der Waals surface area contributed by atoms with Crippen LogP contribution in [0.2, 0.25) is 0 Å². The van der Waals surface area contributed by atoms with E-state index in [-0.39, 0.29) is 17.8 Å². The Bertz CT molecular complexity index is 464. The molecule has 18 heavy (non-hydrogen) atoms. The van der Waals surface area contributed by atoms with Crippen molar-refractivity contribution in [1.29, 1.82) is 0 Å². The maximum atomic E-state index is 9.81. The predicted molar refractivity (Wildman–Crippen MR) is 69.2 cm³/mol. The predicted octanol–water partition coefficient (Wildman–Crippen LogP) is -0.661. The van der Waals surface area contributed by atoms with Crippen LogP contribution in [0.5, 0.6) is 0 Å². The van der Waals surface area contributed by atoms with Crippen LogP contribution in [0.25, 0.3) is 0 Å². The summed E-state index contributed by atoms with van der Waals surface area (Å²) in [6, 6.07) is -0.369. The molecule has 0 spiro atoms. The Labute approximate surface area is 104 Å². The molecule has 3 atom stereocenters. The van der Waals surface area contributed by atoms with Crippen LogP contribution in [0.3, 0.4) is 0 Å². The van der Waals surface area contributed by atoms with Crippen molar-refractivity contribution in [2.75, 3.05) is 22.9 Å². The van der Waals surface area contributed by atoms with Gasteiger partial charge in [-0.15, -0.1) is 0 Å². The molecule has 0 saturated carbocycles. The Morgan fingerprint density at radius 1 is 1.50 bits per heavy atom. The van der Waals surface area contributed by atoms with Crippen LogP contribution in [0.4, 0.5) is 23.3 Å². The second kappa shape index (κ2) is 4.75. The minimum absolute atomic E-state index is 0.190. The third-order valence-corrected chi connectivity index (χ3v) is 2.79. The van der Waals surface area contributed by atoms with Crippen LogP contribution in [0.15, 0.2) is 4.99 Å². The first-order valence-corrected chi connectivity index (χ1v) is 5.53. The summed E-state index contributed by atoms with van der Waals surface area (Å²) in [5, 5.41) is 25.2. The number of nitrogens with zero attached hydrogens (tertiary/aromatic N) is 3. The summed E-state index contributed by atoms with van der Waals surface area (Å²) < 4.78 is 0. The highest BCUT2D eigenvalue weighted by Crippen LogP contribution is 2.31. The van der Waals surface area contributed by atoms with Crippen LogP contribution in [-0.2, 0) is 0 Å². The van der Waals surface area contributed by atoms with Gasteiger partial charge in [0, 0.05) is 6.54 Å². The van der Waals surface area contributed by atoms with Gasteiger partial charge in [0.05, 0.1) is 12.1 Å². The molecule has 2 rings (SSSR count). The number of hydrogen-bond acceptors (Lipinski definition) is 8. The molecule has 3 unspecified atom stereocenters. The van der Waals surface area contributed by atoms with E-state index in [1.165, 1.54) is 6.92 Å². The average Bonchev–Trinajstić information content (AvgIpc) is 2.37. The molecule has 0 aliphatic carbocycles. The lowest BCUT2D eigenvalue weighted by Gasteiger charge is -2.32. The number of aliphatic imine (C=N–C) groups is 1. The number of aliphatic hydroxyl groups is 2. The second-order valence-corrected chi connectivity index (χ2v) is 4.15.